The summed E-state index contributed by atoms with van der Waals surface area (Å²) >= 11 is 0. The fourth-order valence-electron chi connectivity index (χ4n) is 2.73. The molecule has 7 nitrogen and oxygen atoms in total. The molecular weight excluding hydrogens is 352 g/mol. The van der Waals surface area contributed by atoms with Gasteiger partial charge >= 0.3 is 0 Å². The fourth-order valence-corrected chi connectivity index (χ4v) is 4.10. The van der Waals surface area contributed by atoms with Crippen LogP contribution in [0, 0.1) is 0 Å². The van der Waals surface area contributed by atoms with Crippen LogP contribution >= 0.6 is 0 Å². The third-order valence-electron chi connectivity index (χ3n) is 4.27. The first kappa shape index (κ1) is 18.6. The van der Waals surface area contributed by atoms with E-state index in [0.717, 1.165) is 24.5 Å². The zero-order valence-corrected chi connectivity index (χ0v) is 15.9. The maximum absolute atomic E-state index is 12.7. The van der Waals surface area contributed by atoms with Crippen molar-refractivity contribution in [3.63, 3.8) is 0 Å². The van der Waals surface area contributed by atoms with Crippen molar-refractivity contribution >= 4 is 21.5 Å². The SMILES string of the molecule is CCOc1ccc(Nc2ccc(S(=O)(=O)N3CCN(C)CC3)cn2)cc1. The number of likely N-dealkylation sites (N-methyl/N-ethyl adjacent to an activating group) is 1. The first-order valence-electron chi connectivity index (χ1n) is 8.63. The van der Waals surface area contributed by atoms with Gasteiger partial charge in [0.05, 0.1) is 6.61 Å². The molecule has 1 aromatic heterocycles. The van der Waals surface area contributed by atoms with Crippen molar-refractivity contribution in [2.45, 2.75) is 11.8 Å². The third kappa shape index (κ3) is 4.32. The number of nitrogens with one attached hydrogen (secondary N) is 1. The summed E-state index contributed by atoms with van der Waals surface area (Å²) in [6.07, 6.45) is 1.41. The number of ether oxygens (including phenoxy) is 1. The lowest BCUT2D eigenvalue weighted by atomic mass is 10.3. The molecule has 0 radical (unpaired) electrons. The van der Waals surface area contributed by atoms with Crippen molar-refractivity contribution in [1.82, 2.24) is 14.2 Å². The number of piperazine rings is 1. The summed E-state index contributed by atoms with van der Waals surface area (Å²) in [6.45, 7) is 5.05. The monoisotopic (exact) mass is 376 g/mol. The van der Waals surface area contributed by atoms with Crippen molar-refractivity contribution in [2.24, 2.45) is 0 Å². The number of rotatable bonds is 6. The first-order valence-corrected chi connectivity index (χ1v) is 10.1. The fraction of sp³-hybridized carbons (Fsp3) is 0.389. The summed E-state index contributed by atoms with van der Waals surface area (Å²) in [7, 11) is -1.49. The Balaban J connectivity index is 1.68. The largest absolute Gasteiger partial charge is 0.494 e. The Morgan fingerprint density at radius 2 is 1.77 bits per heavy atom. The molecule has 1 aromatic carbocycles. The number of hydrogen-bond acceptors (Lipinski definition) is 6. The van der Waals surface area contributed by atoms with E-state index in [2.05, 4.69) is 15.2 Å². The van der Waals surface area contributed by atoms with E-state index in [1.54, 1.807) is 12.1 Å². The number of anilines is 2. The molecule has 0 spiro atoms. The van der Waals surface area contributed by atoms with Crippen LogP contribution in [0.15, 0.2) is 47.5 Å². The molecule has 2 heterocycles. The molecule has 1 fully saturated rings. The van der Waals surface area contributed by atoms with Gasteiger partial charge in [-0.05, 0) is 50.4 Å². The van der Waals surface area contributed by atoms with E-state index in [1.165, 1.54) is 10.5 Å². The minimum atomic E-state index is -3.49. The van der Waals surface area contributed by atoms with E-state index in [0.29, 0.717) is 25.5 Å². The number of nitrogens with zero attached hydrogens (tertiary/aromatic N) is 3. The van der Waals surface area contributed by atoms with Crippen molar-refractivity contribution in [1.29, 1.82) is 0 Å². The van der Waals surface area contributed by atoms with Gasteiger partial charge < -0.3 is 15.0 Å². The highest BCUT2D eigenvalue weighted by Gasteiger charge is 2.27. The summed E-state index contributed by atoms with van der Waals surface area (Å²) in [4.78, 5) is 6.59. The third-order valence-corrected chi connectivity index (χ3v) is 6.16. The van der Waals surface area contributed by atoms with E-state index in [4.69, 9.17) is 4.74 Å². The summed E-state index contributed by atoms with van der Waals surface area (Å²) in [5.41, 5.74) is 0.857. The minimum Gasteiger partial charge on any atom is -0.494 e. The molecule has 140 valence electrons. The van der Waals surface area contributed by atoms with Crippen LogP contribution in [0.2, 0.25) is 0 Å². The second-order valence-corrected chi connectivity index (χ2v) is 8.11. The average Bonchev–Trinajstić information content (AvgIpc) is 2.64. The van der Waals surface area contributed by atoms with E-state index in [1.807, 2.05) is 38.2 Å². The van der Waals surface area contributed by atoms with Gasteiger partial charge in [0.15, 0.2) is 0 Å². The molecular formula is C18H24N4O3S. The van der Waals surface area contributed by atoms with Crippen LogP contribution in [0.4, 0.5) is 11.5 Å². The number of pyridine rings is 1. The van der Waals surface area contributed by atoms with Crippen molar-refractivity contribution in [2.75, 3.05) is 45.2 Å². The minimum absolute atomic E-state index is 0.222. The summed E-state index contributed by atoms with van der Waals surface area (Å²) in [5, 5.41) is 3.16. The van der Waals surface area contributed by atoms with Gasteiger partial charge in [-0.15, -0.1) is 0 Å². The molecule has 26 heavy (non-hydrogen) atoms. The Labute approximate surface area is 154 Å². The van der Waals surface area contributed by atoms with Crippen LogP contribution in [0.1, 0.15) is 6.92 Å². The predicted molar refractivity (Wildman–Crippen MR) is 101 cm³/mol. The van der Waals surface area contributed by atoms with Crippen LogP contribution < -0.4 is 10.1 Å². The summed E-state index contributed by atoms with van der Waals surface area (Å²) in [6, 6.07) is 10.8. The lowest BCUT2D eigenvalue weighted by molar-refractivity contribution is 0.222. The van der Waals surface area contributed by atoms with Gasteiger partial charge in [0.25, 0.3) is 0 Å². The molecule has 1 aliphatic rings. The standard InChI is InChI=1S/C18H24N4O3S/c1-3-25-16-6-4-15(5-7-16)20-18-9-8-17(14-19-18)26(23,24)22-12-10-21(2)11-13-22/h4-9,14H,3,10-13H2,1-2H3,(H,19,20). The highest BCUT2D eigenvalue weighted by atomic mass is 32.2. The van der Waals surface area contributed by atoms with Gasteiger partial charge in [-0.25, -0.2) is 13.4 Å². The number of sulfonamides is 1. The van der Waals surface area contributed by atoms with E-state index >= 15 is 0 Å². The van der Waals surface area contributed by atoms with Crippen molar-refractivity contribution < 1.29 is 13.2 Å². The molecule has 0 saturated carbocycles. The molecule has 2 aromatic rings. The molecule has 1 N–H and O–H groups in total. The zero-order valence-electron chi connectivity index (χ0n) is 15.1. The smallest absolute Gasteiger partial charge is 0.244 e. The second kappa shape index (κ2) is 8.03. The molecule has 1 aliphatic heterocycles. The Kier molecular flexibility index (Phi) is 5.75. The van der Waals surface area contributed by atoms with Gasteiger partial charge in [0.1, 0.15) is 16.5 Å². The average molecular weight is 376 g/mol. The Hall–Kier alpha value is -2.16. The van der Waals surface area contributed by atoms with Gasteiger partial charge in [0, 0.05) is 38.1 Å². The molecule has 8 heteroatoms. The summed E-state index contributed by atoms with van der Waals surface area (Å²) < 4.78 is 32.3. The normalized spacial score (nSPS) is 16.4. The molecule has 0 bridgehead atoms. The number of hydrogen-bond donors (Lipinski definition) is 1. The van der Waals surface area contributed by atoms with Gasteiger partial charge in [0.2, 0.25) is 10.0 Å². The summed E-state index contributed by atoms with van der Waals surface area (Å²) in [5.74, 6) is 1.39. The van der Waals surface area contributed by atoms with Gasteiger partial charge in [-0.1, -0.05) is 0 Å². The lowest BCUT2D eigenvalue weighted by Crippen LogP contribution is -2.47. The maximum Gasteiger partial charge on any atom is 0.244 e. The zero-order chi connectivity index (χ0) is 18.6. The van der Waals surface area contributed by atoms with Crippen LogP contribution in [-0.2, 0) is 10.0 Å². The van der Waals surface area contributed by atoms with Crippen LogP contribution in [0.3, 0.4) is 0 Å². The van der Waals surface area contributed by atoms with Crippen LogP contribution in [0.25, 0.3) is 0 Å². The molecule has 0 aliphatic carbocycles. The lowest BCUT2D eigenvalue weighted by Gasteiger charge is -2.31. The van der Waals surface area contributed by atoms with Gasteiger partial charge in [-0.3, -0.25) is 0 Å². The quantitative estimate of drug-likeness (QED) is 0.833. The highest BCUT2D eigenvalue weighted by molar-refractivity contribution is 7.89. The Bertz CT molecular complexity index is 815. The molecule has 0 atom stereocenters. The molecule has 0 amide bonds. The maximum atomic E-state index is 12.7. The van der Waals surface area contributed by atoms with Crippen molar-refractivity contribution in [3.8, 4) is 5.75 Å². The van der Waals surface area contributed by atoms with E-state index in [9.17, 15) is 8.42 Å². The second-order valence-electron chi connectivity index (χ2n) is 6.17. The highest BCUT2D eigenvalue weighted by Crippen LogP contribution is 2.21. The van der Waals surface area contributed by atoms with Crippen LogP contribution in [0.5, 0.6) is 5.75 Å². The number of aromatic nitrogens is 1. The molecule has 3 rings (SSSR count). The van der Waals surface area contributed by atoms with Gasteiger partial charge in [-0.2, -0.15) is 4.31 Å². The van der Waals surface area contributed by atoms with Crippen molar-refractivity contribution in [3.05, 3.63) is 42.6 Å². The van der Waals surface area contributed by atoms with E-state index in [-0.39, 0.29) is 4.90 Å². The Morgan fingerprint density at radius 3 is 2.35 bits per heavy atom. The first-order chi connectivity index (χ1) is 12.5. The topological polar surface area (TPSA) is 74.8 Å². The molecule has 1 saturated heterocycles. The van der Waals surface area contributed by atoms with E-state index < -0.39 is 10.0 Å². The van der Waals surface area contributed by atoms with Crippen LogP contribution in [-0.4, -0.2) is 62.4 Å². The number of benzene rings is 1. The molecule has 0 unspecified atom stereocenters. The Morgan fingerprint density at radius 1 is 1.08 bits per heavy atom. The predicted octanol–water partition coefficient (Wildman–Crippen LogP) is 2.16.